The van der Waals surface area contributed by atoms with Crippen molar-refractivity contribution in [3.05, 3.63) is 46.2 Å². The number of carbonyl (C=O) groups is 2. The summed E-state index contributed by atoms with van der Waals surface area (Å²) >= 11 is 1.47. The number of aryl methyl sites for hydroxylation is 1. The summed E-state index contributed by atoms with van der Waals surface area (Å²) in [5.74, 6) is 1.05. The number of carbonyl (C=O) groups excluding carboxylic acids is 2. The summed E-state index contributed by atoms with van der Waals surface area (Å²) in [7, 11) is 0. The van der Waals surface area contributed by atoms with Crippen molar-refractivity contribution in [3.8, 4) is 0 Å². The second kappa shape index (κ2) is 9.66. The van der Waals surface area contributed by atoms with E-state index in [1.165, 1.54) is 22.6 Å². The Balaban J connectivity index is 1.19. The van der Waals surface area contributed by atoms with Gasteiger partial charge in [0.1, 0.15) is 10.7 Å². The molecule has 1 N–H and O–H groups in total. The number of nitrogens with one attached hydrogen (secondary N) is 1. The lowest BCUT2D eigenvalue weighted by molar-refractivity contribution is -0.131. The molecule has 3 aliphatic rings. The number of amidine groups is 1. The third kappa shape index (κ3) is 4.24. The van der Waals surface area contributed by atoms with Gasteiger partial charge in [0.25, 0.3) is 5.91 Å². The second-order valence-corrected chi connectivity index (χ2v) is 10.0. The Morgan fingerprint density at radius 3 is 2.79 bits per heavy atom. The molecular weight excluding hydrogens is 448 g/mol. The van der Waals surface area contributed by atoms with E-state index < -0.39 is 0 Å². The molecule has 4 heterocycles. The highest BCUT2D eigenvalue weighted by atomic mass is 32.1. The number of benzene rings is 1. The zero-order valence-corrected chi connectivity index (χ0v) is 20.7. The number of hydrogen-bond acceptors (Lipinski definition) is 7. The molecule has 1 atom stereocenters. The zero-order valence-electron chi connectivity index (χ0n) is 19.9. The third-order valence-electron chi connectivity index (χ3n) is 6.80. The molecule has 8 nitrogen and oxygen atoms in total. The predicted molar refractivity (Wildman–Crippen MR) is 136 cm³/mol. The Labute approximate surface area is 204 Å². The number of unbranched alkanes of at least 4 members (excludes halogenated alkanes) is 1. The van der Waals surface area contributed by atoms with Crippen molar-refractivity contribution >= 4 is 40.4 Å². The number of hydrazone groups is 1. The van der Waals surface area contributed by atoms with Crippen LogP contribution in [-0.2, 0) is 4.79 Å². The van der Waals surface area contributed by atoms with Gasteiger partial charge >= 0.3 is 0 Å². The van der Waals surface area contributed by atoms with Gasteiger partial charge < -0.3 is 9.80 Å². The number of hydrogen-bond donors (Lipinski definition) is 1. The van der Waals surface area contributed by atoms with Gasteiger partial charge in [-0.3, -0.25) is 24.8 Å². The molecule has 1 saturated heterocycles. The van der Waals surface area contributed by atoms with Crippen LogP contribution in [0.15, 0.2) is 40.8 Å². The van der Waals surface area contributed by atoms with E-state index in [1.807, 2.05) is 21.2 Å². The predicted octanol–water partition coefficient (Wildman–Crippen LogP) is 3.45. The Morgan fingerprint density at radius 2 is 2.03 bits per heavy atom. The Hall–Kier alpha value is -3.07. The topological polar surface area (TPSA) is 71.5 Å². The molecule has 0 bridgehead atoms. The quantitative estimate of drug-likeness (QED) is 0.657. The fraction of sp³-hybridized carbons (Fsp3) is 0.480. The minimum Gasteiger partial charge on any atom is -0.368 e. The average Bonchev–Trinajstić information content (AvgIpc) is 3.50. The standard InChI is InChI=1S/C25H32N6O2S/c1-3-4-11-30-24(33)23-20(10-16-34-23)31-21(26-27-25(30)31)8-9-22(32)29-14-12-28(13-15-29)19-7-5-6-18(2)17-19/h5-7,10,16-17,25,27H,3-4,8-9,11-15H2,1-2H3. The molecule has 180 valence electrons. The molecule has 0 saturated carbocycles. The van der Waals surface area contributed by atoms with Gasteiger partial charge in [-0.2, -0.15) is 5.10 Å². The maximum atomic E-state index is 13.0. The molecule has 34 heavy (non-hydrogen) atoms. The van der Waals surface area contributed by atoms with Crippen molar-refractivity contribution < 1.29 is 9.59 Å². The number of nitrogens with zero attached hydrogens (tertiary/aromatic N) is 5. The normalized spacial score (nSPS) is 19.6. The first kappa shape index (κ1) is 22.7. The van der Waals surface area contributed by atoms with Gasteiger partial charge in [0.05, 0.1) is 5.69 Å². The number of piperazine rings is 1. The maximum absolute atomic E-state index is 13.0. The van der Waals surface area contributed by atoms with Crippen molar-refractivity contribution in [3.63, 3.8) is 0 Å². The lowest BCUT2D eigenvalue weighted by atomic mass is 10.1. The second-order valence-electron chi connectivity index (χ2n) is 9.09. The highest BCUT2D eigenvalue weighted by molar-refractivity contribution is 7.12. The minimum atomic E-state index is -0.302. The Kier molecular flexibility index (Phi) is 6.45. The molecule has 5 rings (SSSR count). The summed E-state index contributed by atoms with van der Waals surface area (Å²) < 4.78 is 0. The van der Waals surface area contributed by atoms with Crippen LogP contribution in [0.3, 0.4) is 0 Å². The first-order chi connectivity index (χ1) is 16.6. The molecule has 1 unspecified atom stereocenters. The van der Waals surface area contributed by atoms with Crippen LogP contribution in [0.1, 0.15) is 47.8 Å². The SMILES string of the molecule is CCCCN1C(=O)c2sccc2N2C(CCC(=O)N3CCN(c4cccc(C)c4)CC3)=NNC12. The maximum Gasteiger partial charge on any atom is 0.269 e. The molecule has 0 radical (unpaired) electrons. The van der Waals surface area contributed by atoms with E-state index in [4.69, 9.17) is 0 Å². The molecule has 2 aromatic rings. The summed E-state index contributed by atoms with van der Waals surface area (Å²) in [6.45, 7) is 8.08. The van der Waals surface area contributed by atoms with Crippen LogP contribution in [0.2, 0.25) is 0 Å². The highest BCUT2D eigenvalue weighted by Crippen LogP contribution is 2.37. The lowest BCUT2D eigenvalue weighted by Crippen LogP contribution is -2.58. The van der Waals surface area contributed by atoms with Crippen molar-refractivity contribution in [1.82, 2.24) is 15.2 Å². The van der Waals surface area contributed by atoms with Crippen LogP contribution < -0.4 is 15.2 Å². The molecule has 3 aliphatic heterocycles. The fourth-order valence-electron chi connectivity index (χ4n) is 4.90. The van der Waals surface area contributed by atoms with E-state index in [0.717, 1.165) is 55.4 Å². The van der Waals surface area contributed by atoms with Crippen LogP contribution in [0, 0.1) is 6.92 Å². The molecule has 2 amide bonds. The summed E-state index contributed by atoms with van der Waals surface area (Å²) in [6.07, 6.45) is 2.62. The molecule has 0 aliphatic carbocycles. The van der Waals surface area contributed by atoms with Gasteiger partial charge in [-0.05, 0) is 42.5 Å². The van der Waals surface area contributed by atoms with Crippen molar-refractivity contribution in [1.29, 1.82) is 0 Å². The summed E-state index contributed by atoms with van der Waals surface area (Å²) in [5.41, 5.74) is 6.53. The zero-order chi connectivity index (χ0) is 23.7. The number of amides is 2. The van der Waals surface area contributed by atoms with Crippen LogP contribution in [-0.4, -0.2) is 66.5 Å². The molecule has 1 fully saturated rings. The first-order valence-corrected chi connectivity index (χ1v) is 13.0. The molecule has 1 aromatic carbocycles. The highest BCUT2D eigenvalue weighted by Gasteiger charge is 2.43. The van der Waals surface area contributed by atoms with Gasteiger partial charge in [-0.25, -0.2) is 0 Å². The molecule has 1 aromatic heterocycles. The lowest BCUT2D eigenvalue weighted by Gasteiger charge is -2.40. The van der Waals surface area contributed by atoms with E-state index in [-0.39, 0.29) is 18.1 Å². The third-order valence-corrected chi connectivity index (χ3v) is 7.69. The van der Waals surface area contributed by atoms with E-state index in [9.17, 15) is 9.59 Å². The minimum absolute atomic E-state index is 0.0613. The van der Waals surface area contributed by atoms with Crippen molar-refractivity contribution in [2.45, 2.75) is 45.8 Å². The van der Waals surface area contributed by atoms with E-state index in [2.05, 4.69) is 58.4 Å². The summed E-state index contributed by atoms with van der Waals surface area (Å²) in [5, 5.41) is 6.51. The largest absolute Gasteiger partial charge is 0.368 e. The molecular formula is C25H32N6O2S. The molecule has 0 spiro atoms. The van der Waals surface area contributed by atoms with Crippen LogP contribution in [0.25, 0.3) is 0 Å². The Bertz CT molecular complexity index is 1090. The van der Waals surface area contributed by atoms with E-state index >= 15 is 0 Å². The first-order valence-electron chi connectivity index (χ1n) is 12.2. The number of rotatable bonds is 7. The number of thiophene rings is 1. The summed E-state index contributed by atoms with van der Waals surface area (Å²) in [6, 6.07) is 10.5. The van der Waals surface area contributed by atoms with Crippen molar-refractivity contribution in [2.75, 3.05) is 42.5 Å². The van der Waals surface area contributed by atoms with Crippen LogP contribution >= 0.6 is 11.3 Å². The monoisotopic (exact) mass is 480 g/mol. The van der Waals surface area contributed by atoms with Gasteiger partial charge in [0.2, 0.25) is 12.2 Å². The van der Waals surface area contributed by atoms with Gasteiger partial charge in [-0.15, -0.1) is 11.3 Å². The van der Waals surface area contributed by atoms with Crippen LogP contribution in [0.4, 0.5) is 11.4 Å². The number of fused-ring (bicyclic) bond motifs is 3. The van der Waals surface area contributed by atoms with Crippen LogP contribution in [0.5, 0.6) is 0 Å². The van der Waals surface area contributed by atoms with Gasteiger partial charge in [0.15, 0.2) is 0 Å². The smallest absolute Gasteiger partial charge is 0.269 e. The summed E-state index contributed by atoms with van der Waals surface area (Å²) in [4.78, 5) is 35.1. The van der Waals surface area contributed by atoms with Gasteiger partial charge in [0, 0.05) is 51.3 Å². The van der Waals surface area contributed by atoms with Crippen molar-refractivity contribution in [2.24, 2.45) is 5.10 Å². The number of anilines is 2. The molecule has 9 heteroatoms. The fourth-order valence-corrected chi connectivity index (χ4v) is 5.74. The van der Waals surface area contributed by atoms with Gasteiger partial charge in [-0.1, -0.05) is 25.5 Å². The van der Waals surface area contributed by atoms with E-state index in [1.54, 1.807) is 0 Å². The Morgan fingerprint density at radius 1 is 1.21 bits per heavy atom. The average molecular weight is 481 g/mol. The van der Waals surface area contributed by atoms with E-state index in [0.29, 0.717) is 19.4 Å².